The molecule has 0 spiro atoms. The van der Waals surface area contributed by atoms with E-state index in [1.807, 2.05) is 13.8 Å². The van der Waals surface area contributed by atoms with Crippen molar-refractivity contribution >= 4 is 77.7 Å². The molecule has 66 heavy (non-hydrogen) atoms. The maximum absolute atomic E-state index is 2.37. The van der Waals surface area contributed by atoms with Crippen molar-refractivity contribution in [3.63, 3.8) is 0 Å². The summed E-state index contributed by atoms with van der Waals surface area (Å²) in [5, 5.41) is 4.91. The van der Waals surface area contributed by atoms with Gasteiger partial charge in [-0.25, -0.2) is 0 Å². The Morgan fingerprint density at radius 3 is 0.909 bits per heavy atom. The molecule has 4 heteroatoms. The van der Waals surface area contributed by atoms with Crippen molar-refractivity contribution in [3.8, 4) is 22.5 Å². The van der Waals surface area contributed by atoms with Gasteiger partial charge in [0, 0.05) is 67.0 Å². The summed E-state index contributed by atoms with van der Waals surface area (Å²) in [5.74, 6) is 0. The lowest BCUT2D eigenvalue weighted by Gasteiger charge is -2.26. The van der Waals surface area contributed by atoms with E-state index in [2.05, 4.69) is 274 Å². The van der Waals surface area contributed by atoms with Crippen LogP contribution < -0.4 is 9.80 Å². The molecule has 0 aliphatic carbocycles. The zero-order chi connectivity index (χ0) is 44.4. The molecule has 2 heterocycles. The summed E-state index contributed by atoms with van der Waals surface area (Å²) in [7, 11) is 0. The fourth-order valence-corrected chi connectivity index (χ4v) is 9.56. The molecule has 0 aliphatic heterocycles. The second kappa shape index (κ2) is 17.5. The van der Waals surface area contributed by atoms with Gasteiger partial charge in [-0.05, 0) is 132 Å². The minimum absolute atomic E-state index is 1.09. The standard InChI is InChI=1S/C60H42N4.C2H6/c1-5-17-45(18-6-1)61(51-37-39-59-55(41-51)53-25-13-15-27-57(53)63(59)47-21-9-3-10-22-47)49-33-29-43(30-34-49)44-31-35-50(36-32-44)62(46-19-7-2-8-20-46)52-38-40-60-56(42-52)54-26-14-16-28-58(54)64(60)48-23-11-4-12-24-48;1-2/h1-42H;1-2H3. The first kappa shape index (κ1) is 40.2. The molecule has 10 aromatic carbocycles. The summed E-state index contributed by atoms with van der Waals surface area (Å²) in [6.45, 7) is 4.00. The number of hydrogen-bond donors (Lipinski definition) is 0. The van der Waals surface area contributed by atoms with Crippen LogP contribution in [-0.2, 0) is 0 Å². The number of benzene rings is 10. The quantitative estimate of drug-likeness (QED) is 0.144. The molecule has 2 aromatic heterocycles. The normalized spacial score (nSPS) is 11.2. The average Bonchev–Trinajstić information content (AvgIpc) is 3.91. The first-order valence-corrected chi connectivity index (χ1v) is 22.8. The van der Waals surface area contributed by atoms with Crippen molar-refractivity contribution in [2.24, 2.45) is 0 Å². The van der Waals surface area contributed by atoms with Crippen LogP contribution in [0.15, 0.2) is 255 Å². The highest BCUT2D eigenvalue weighted by molar-refractivity contribution is 6.12. The number of hydrogen-bond acceptors (Lipinski definition) is 2. The number of anilines is 6. The monoisotopic (exact) mass is 848 g/mol. The number of para-hydroxylation sites is 6. The third kappa shape index (κ3) is 7.15. The van der Waals surface area contributed by atoms with Gasteiger partial charge in [-0.3, -0.25) is 0 Å². The molecule has 0 saturated carbocycles. The zero-order valence-electron chi connectivity index (χ0n) is 37.0. The van der Waals surface area contributed by atoms with Crippen molar-refractivity contribution in [1.29, 1.82) is 0 Å². The minimum atomic E-state index is 1.09. The van der Waals surface area contributed by atoms with Gasteiger partial charge in [-0.2, -0.15) is 0 Å². The first-order chi connectivity index (χ1) is 32.8. The van der Waals surface area contributed by atoms with E-state index in [0.717, 1.165) is 56.6 Å². The van der Waals surface area contributed by atoms with Crippen LogP contribution in [0, 0.1) is 0 Å². The topological polar surface area (TPSA) is 16.3 Å². The second-order valence-electron chi connectivity index (χ2n) is 16.2. The summed E-state index contributed by atoms with van der Waals surface area (Å²) < 4.78 is 4.73. The van der Waals surface area contributed by atoms with Crippen LogP contribution in [0.5, 0.6) is 0 Å². The maximum atomic E-state index is 2.37. The molecular weight excluding hydrogens is 801 g/mol. The lowest BCUT2D eigenvalue weighted by atomic mass is 10.0. The molecule has 12 rings (SSSR count). The highest BCUT2D eigenvalue weighted by Crippen LogP contribution is 2.42. The van der Waals surface area contributed by atoms with Gasteiger partial charge in [0.1, 0.15) is 0 Å². The molecule has 0 radical (unpaired) electrons. The van der Waals surface area contributed by atoms with E-state index < -0.39 is 0 Å². The summed E-state index contributed by atoms with van der Waals surface area (Å²) in [5.41, 5.74) is 16.0. The van der Waals surface area contributed by atoms with Gasteiger partial charge in [-0.15, -0.1) is 0 Å². The maximum Gasteiger partial charge on any atom is 0.0542 e. The molecule has 0 saturated heterocycles. The lowest BCUT2D eigenvalue weighted by Crippen LogP contribution is -2.10. The van der Waals surface area contributed by atoms with Crippen LogP contribution >= 0.6 is 0 Å². The molecule has 0 unspecified atom stereocenters. The third-order valence-corrected chi connectivity index (χ3v) is 12.5. The van der Waals surface area contributed by atoms with Crippen molar-refractivity contribution in [3.05, 3.63) is 255 Å². The first-order valence-electron chi connectivity index (χ1n) is 22.8. The molecule has 0 aliphatic rings. The largest absolute Gasteiger partial charge is 0.310 e. The van der Waals surface area contributed by atoms with Gasteiger partial charge in [0.2, 0.25) is 0 Å². The SMILES string of the molecule is CC.c1ccc(N(c2ccc(-c3ccc(N(c4ccccc4)c4ccc5c(c4)c4ccccc4n5-c4ccccc4)cc3)cc2)c2ccc3c(c2)c2ccccc2n3-c2ccccc2)cc1. The van der Waals surface area contributed by atoms with Gasteiger partial charge < -0.3 is 18.9 Å². The highest BCUT2D eigenvalue weighted by atomic mass is 15.1. The number of nitrogens with zero attached hydrogens (tertiary/aromatic N) is 4. The Morgan fingerprint density at radius 1 is 0.242 bits per heavy atom. The zero-order valence-corrected chi connectivity index (χ0v) is 37.0. The number of rotatable bonds is 9. The Kier molecular flexibility index (Phi) is 10.7. The molecule has 316 valence electrons. The fraction of sp³-hybridized carbons (Fsp3) is 0.0323. The summed E-state index contributed by atoms with van der Waals surface area (Å²) >= 11 is 0. The molecule has 0 bridgehead atoms. The van der Waals surface area contributed by atoms with E-state index in [4.69, 9.17) is 0 Å². The van der Waals surface area contributed by atoms with Crippen molar-refractivity contribution in [2.75, 3.05) is 9.80 Å². The van der Waals surface area contributed by atoms with E-state index in [9.17, 15) is 0 Å². The molecule has 0 amide bonds. The Hall–Kier alpha value is -8.60. The van der Waals surface area contributed by atoms with Crippen molar-refractivity contribution in [1.82, 2.24) is 9.13 Å². The van der Waals surface area contributed by atoms with E-state index in [-0.39, 0.29) is 0 Å². The molecule has 4 nitrogen and oxygen atoms in total. The van der Waals surface area contributed by atoms with Gasteiger partial charge in [0.15, 0.2) is 0 Å². The number of fused-ring (bicyclic) bond motifs is 6. The Bertz CT molecular complexity index is 3330. The van der Waals surface area contributed by atoms with E-state index in [1.165, 1.54) is 43.6 Å². The fourth-order valence-electron chi connectivity index (χ4n) is 9.56. The molecular formula is C62H48N4. The summed E-state index contributed by atoms with van der Waals surface area (Å²) in [6.07, 6.45) is 0. The van der Waals surface area contributed by atoms with Crippen LogP contribution in [0.4, 0.5) is 34.1 Å². The van der Waals surface area contributed by atoms with Gasteiger partial charge in [0.05, 0.1) is 22.1 Å². The van der Waals surface area contributed by atoms with Crippen LogP contribution in [0.3, 0.4) is 0 Å². The average molecular weight is 849 g/mol. The Morgan fingerprint density at radius 2 is 0.530 bits per heavy atom. The van der Waals surface area contributed by atoms with Crippen molar-refractivity contribution in [2.45, 2.75) is 13.8 Å². The van der Waals surface area contributed by atoms with Crippen LogP contribution in [0.25, 0.3) is 66.1 Å². The van der Waals surface area contributed by atoms with E-state index in [0.29, 0.717) is 0 Å². The van der Waals surface area contributed by atoms with E-state index >= 15 is 0 Å². The predicted molar refractivity (Wildman–Crippen MR) is 281 cm³/mol. The number of aromatic nitrogens is 2. The molecule has 0 atom stereocenters. The minimum Gasteiger partial charge on any atom is -0.310 e. The highest BCUT2D eigenvalue weighted by Gasteiger charge is 2.20. The van der Waals surface area contributed by atoms with Gasteiger partial charge in [0.25, 0.3) is 0 Å². The molecule has 0 N–H and O–H groups in total. The third-order valence-electron chi connectivity index (χ3n) is 12.5. The van der Waals surface area contributed by atoms with Crippen LogP contribution in [0.1, 0.15) is 13.8 Å². The summed E-state index contributed by atoms with van der Waals surface area (Å²) in [6, 6.07) is 91.6. The van der Waals surface area contributed by atoms with Gasteiger partial charge in [-0.1, -0.05) is 147 Å². The lowest BCUT2D eigenvalue weighted by molar-refractivity contribution is 1.18. The van der Waals surface area contributed by atoms with Gasteiger partial charge >= 0.3 is 0 Å². The predicted octanol–water partition coefficient (Wildman–Crippen LogP) is 17.5. The van der Waals surface area contributed by atoms with Crippen LogP contribution in [0.2, 0.25) is 0 Å². The molecule has 12 aromatic rings. The van der Waals surface area contributed by atoms with Crippen LogP contribution in [-0.4, -0.2) is 9.13 Å². The second-order valence-corrected chi connectivity index (χ2v) is 16.2. The molecule has 0 fully saturated rings. The smallest absolute Gasteiger partial charge is 0.0542 e. The van der Waals surface area contributed by atoms with E-state index in [1.54, 1.807) is 0 Å². The van der Waals surface area contributed by atoms with Crippen molar-refractivity contribution < 1.29 is 0 Å². The summed E-state index contributed by atoms with van der Waals surface area (Å²) in [4.78, 5) is 4.71. The Labute approximate surface area is 386 Å². The Balaban J connectivity index is 0.00000238.